The molecule has 0 aromatic heterocycles. The maximum absolute atomic E-state index is 11.6. The number of hydrogen-bond acceptors (Lipinski definition) is 3. The average molecular weight is 289 g/mol. The second kappa shape index (κ2) is 6.75. The number of carbonyl (C=O) groups excluding carboxylic acids is 2. The van der Waals surface area contributed by atoms with Gasteiger partial charge in [0, 0.05) is 28.3 Å². The van der Waals surface area contributed by atoms with Crippen LogP contribution in [0.1, 0.15) is 33.1 Å². The van der Waals surface area contributed by atoms with Gasteiger partial charge in [0.25, 0.3) is 0 Å². The summed E-state index contributed by atoms with van der Waals surface area (Å²) in [5, 5.41) is 2.92. The summed E-state index contributed by atoms with van der Waals surface area (Å²) in [7, 11) is 0. The maximum atomic E-state index is 11.6. The topological polar surface area (TPSA) is 46.2 Å². The Morgan fingerprint density at radius 2 is 1.90 bits per heavy atom. The summed E-state index contributed by atoms with van der Waals surface area (Å²) in [5.41, 5.74) is 0.976. The van der Waals surface area contributed by atoms with Crippen LogP contribution in [-0.2, 0) is 9.59 Å². The van der Waals surface area contributed by atoms with Crippen LogP contribution < -0.4 is 5.32 Å². The van der Waals surface area contributed by atoms with Crippen molar-refractivity contribution in [3.05, 3.63) is 40.9 Å². The molecular weight excluding hydrogens is 270 g/mol. The quantitative estimate of drug-likeness (QED) is 0.922. The van der Waals surface area contributed by atoms with Crippen molar-refractivity contribution in [3.63, 3.8) is 0 Å². The van der Waals surface area contributed by atoms with Gasteiger partial charge in [-0.3, -0.25) is 9.59 Å². The second-order valence-corrected chi connectivity index (χ2v) is 6.22. The van der Waals surface area contributed by atoms with E-state index in [2.05, 4.69) is 5.32 Å². The maximum Gasteiger partial charge on any atom is 0.221 e. The highest BCUT2D eigenvalue weighted by molar-refractivity contribution is 8.03. The van der Waals surface area contributed by atoms with E-state index < -0.39 is 0 Å². The zero-order valence-electron chi connectivity index (χ0n) is 11.8. The first kappa shape index (κ1) is 14.9. The largest absolute Gasteiger partial charge is 0.329 e. The van der Waals surface area contributed by atoms with E-state index in [4.69, 9.17) is 0 Å². The van der Waals surface area contributed by atoms with Crippen molar-refractivity contribution >= 4 is 23.5 Å². The fourth-order valence-corrected chi connectivity index (χ4v) is 3.47. The van der Waals surface area contributed by atoms with Gasteiger partial charge in [-0.1, -0.05) is 30.0 Å². The number of ketones is 1. The van der Waals surface area contributed by atoms with Gasteiger partial charge in [0.1, 0.15) is 5.78 Å². The van der Waals surface area contributed by atoms with Crippen molar-refractivity contribution in [1.29, 1.82) is 0 Å². The molecule has 1 unspecified atom stereocenters. The molecule has 1 aromatic rings. The Kier molecular flexibility index (Phi) is 5.01. The standard InChI is InChI=1S/C16H19NO2S/c1-11(18)13-8-9-15(17-12(2)19)16(10-13)20-14-6-4-3-5-7-14/h3-7,13H,8-10H2,1-2H3,(H,17,19). The predicted octanol–water partition coefficient (Wildman–Crippen LogP) is 3.52. The summed E-state index contributed by atoms with van der Waals surface area (Å²) >= 11 is 1.65. The van der Waals surface area contributed by atoms with Gasteiger partial charge in [-0.15, -0.1) is 0 Å². The van der Waals surface area contributed by atoms with Crippen molar-refractivity contribution in [2.75, 3.05) is 0 Å². The average Bonchev–Trinajstić information content (AvgIpc) is 2.41. The number of carbonyl (C=O) groups is 2. The van der Waals surface area contributed by atoms with Gasteiger partial charge in [0.2, 0.25) is 5.91 Å². The van der Waals surface area contributed by atoms with Crippen LogP contribution in [0.15, 0.2) is 45.8 Å². The van der Waals surface area contributed by atoms with Crippen LogP contribution in [0.4, 0.5) is 0 Å². The number of amides is 1. The van der Waals surface area contributed by atoms with Gasteiger partial charge >= 0.3 is 0 Å². The molecule has 2 rings (SSSR count). The third-order valence-electron chi connectivity index (χ3n) is 3.40. The highest BCUT2D eigenvalue weighted by Gasteiger charge is 2.25. The Morgan fingerprint density at radius 3 is 2.50 bits per heavy atom. The Hall–Kier alpha value is -1.55. The number of Topliss-reactive ketones (excluding diaryl/α,β-unsaturated/α-hetero) is 1. The van der Waals surface area contributed by atoms with E-state index >= 15 is 0 Å². The van der Waals surface area contributed by atoms with Gasteiger partial charge in [0.15, 0.2) is 0 Å². The van der Waals surface area contributed by atoms with E-state index in [1.54, 1.807) is 18.7 Å². The highest BCUT2D eigenvalue weighted by Crippen LogP contribution is 2.39. The summed E-state index contributed by atoms with van der Waals surface area (Å²) in [6, 6.07) is 10.0. The molecule has 1 aromatic carbocycles. The number of nitrogens with one attached hydrogen (secondary N) is 1. The Bertz CT molecular complexity index is 537. The summed E-state index contributed by atoms with van der Waals surface area (Å²) in [5.74, 6) is 0.268. The van der Waals surface area contributed by atoms with Crippen LogP contribution >= 0.6 is 11.8 Å². The molecule has 1 aliphatic rings. The molecular formula is C16H19NO2S. The van der Waals surface area contributed by atoms with E-state index in [-0.39, 0.29) is 17.6 Å². The van der Waals surface area contributed by atoms with Gasteiger partial charge in [-0.2, -0.15) is 0 Å². The highest BCUT2D eigenvalue weighted by atomic mass is 32.2. The Morgan fingerprint density at radius 1 is 1.20 bits per heavy atom. The van der Waals surface area contributed by atoms with Crippen LogP contribution in [0.5, 0.6) is 0 Å². The lowest BCUT2D eigenvalue weighted by molar-refractivity contribution is -0.120. The molecule has 0 aliphatic heterocycles. The normalized spacial score (nSPS) is 18.8. The first-order valence-electron chi connectivity index (χ1n) is 6.79. The van der Waals surface area contributed by atoms with Crippen LogP contribution in [0.3, 0.4) is 0 Å². The molecule has 1 N–H and O–H groups in total. The van der Waals surface area contributed by atoms with E-state index in [9.17, 15) is 9.59 Å². The lowest BCUT2D eigenvalue weighted by atomic mass is 9.89. The molecule has 0 radical (unpaired) electrons. The molecule has 0 bridgehead atoms. The molecule has 0 fully saturated rings. The van der Waals surface area contributed by atoms with Crippen LogP contribution in [0.2, 0.25) is 0 Å². The second-order valence-electron chi connectivity index (χ2n) is 5.05. The molecule has 0 saturated heterocycles. The van der Waals surface area contributed by atoms with E-state index in [0.717, 1.165) is 34.8 Å². The van der Waals surface area contributed by atoms with Gasteiger partial charge in [-0.05, 0) is 38.3 Å². The number of thioether (sulfide) groups is 1. The molecule has 1 atom stereocenters. The van der Waals surface area contributed by atoms with Crippen molar-refractivity contribution in [3.8, 4) is 0 Å². The smallest absolute Gasteiger partial charge is 0.221 e. The lowest BCUT2D eigenvalue weighted by Gasteiger charge is -2.25. The summed E-state index contributed by atoms with van der Waals surface area (Å²) in [4.78, 5) is 25.2. The molecule has 20 heavy (non-hydrogen) atoms. The summed E-state index contributed by atoms with van der Waals surface area (Å²) < 4.78 is 0. The van der Waals surface area contributed by atoms with Crippen LogP contribution in [0.25, 0.3) is 0 Å². The minimum absolute atomic E-state index is 0.0487. The minimum atomic E-state index is -0.0487. The SMILES string of the molecule is CC(=O)NC1=C(Sc2ccccc2)CC(C(C)=O)CC1. The third-order valence-corrected chi connectivity index (χ3v) is 4.56. The van der Waals surface area contributed by atoms with Crippen molar-refractivity contribution < 1.29 is 9.59 Å². The lowest BCUT2D eigenvalue weighted by Crippen LogP contribution is -2.26. The van der Waals surface area contributed by atoms with E-state index in [1.165, 1.54) is 6.92 Å². The molecule has 0 spiro atoms. The third kappa shape index (κ3) is 3.97. The number of rotatable bonds is 4. The number of allylic oxidation sites excluding steroid dienone is 2. The Balaban J connectivity index is 2.22. The van der Waals surface area contributed by atoms with Gasteiger partial charge < -0.3 is 5.32 Å². The molecule has 0 heterocycles. The minimum Gasteiger partial charge on any atom is -0.329 e. The van der Waals surface area contributed by atoms with Crippen molar-refractivity contribution in [1.82, 2.24) is 5.32 Å². The first-order chi connectivity index (χ1) is 9.56. The van der Waals surface area contributed by atoms with Crippen LogP contribution in [-0.4, -0.2) is 11.7 Å². The molecule has 106 valence electrons. The van der Waals surface area contributed by atoms with Gasteiger partial charge in [-0.25, -0.2) is 0 Å². The fraction of sp³-hybridized carbons (Fsp3) is 0.375. The first-order valence-corrected chi connectivity index (χ1v) is 7.61. The van der Waals surface area contributed by atoms with Crippen molar-refractivity contribution in [2.24, 2.45) is 5.92 Å². The number of hydrogen-bond donors (Lipinski definition) is 1. The monoisotopic (exact) mass is 289 g/mol. The van der Waals surface area contributed by atoms with Crippen LogP contribution in [0, 0.1) is 5.92 Å². The summed E-state index contributed by atoms with van der Waals surface area (Å²) in [6.07, 6.45) is 2.31. The molecule has 4 heteroatoms. The molecule has 0 saturated carbocycles. The van der Waals surface area contributed by atoms with E-state index in [0.29, 0.717) is 0 Å². The summed E-state index contributed by atoms with van der Waals surface area (Å²) in [6.45, 7) is 3.17. The zero-order chi connectivity index (χ0) is 14.5. The Labute approximate surface area is 123 Å². The number of benzene rings is 1. The predicted molar refractivity (Wildman–Crippen MR) is 81.2 cm³/mol. The molecule has 1 amide bonds. The fourth-order valence-electron chi connectivity index (χ4n) is 2.33. The molecule has 3 nitrogen and oxygen atoms in total. The van der Waals surface area contributed by atoms with Crippen molar-refractivity contribution in [2.45, 2.75) is 38.0 Å². The zero-order valence-corrected chi connectivity index (χ0v) is 12.6. The van der Waals surface area contributed by atoms with Gasteiger partial charge in [0.05, 0.1) is 0 Å². The molecule has 1 aliphatic carbocycles. The van der Waals surface area contributed by atoms with E-state index in [1.807, 2.05) is 30.3 Å².